The van der Waals surface area contributed by atoms with Crippen molar-refractivity contribution >= 4 is 135 Å². The molecule has 1 aromatic heterocycles. The van der Waals surface area contributed by atoms with Gasteiger partial charge < -0.3 is 154 Å². The Labute approximate surface area is 847 Å². The summed E-state index contributed by atoms with van der Waals surface area (Å²) >= 11 is 0. The number of carbonyl (C=O) groups excluding carboxylic acids is 17. The number of rotatable bonds is 68. The normalized spacial score (nSPS) is 13.6. The fourth-order valence-corrected chi connectivity index (χ4v) is 15.2. The number of primary amides is 1. The number of benzene rings is 3. The van der Waals surface area contributed by atoms with E-state index >= 15 is 0 Å². The van der Waals surface area contributed by atoms with Crippen molar-refractivity contribution in [3.05, 3.63) is 94.2 Å². The molecule has 5 rings (SSSR count). The third-order valence-electron chi connectivity index (χ3n) is 23.0. The fraction of sp³-hybridized carbons (Fsp3) is 0.547. The van der Waals surface area contributed by atoms with Crippen LogP contribution in [0.15, 0.2) is 86.3 Å². The molecule has 2 heterocycles. The van der Waals surface area contributed by atoms with Crippen molar-refractivity contribution in [2.75, 3.05) is 59.0 Å². The van der Waals surface area contributed by atoms with Crippen LogP contribution < -0.4 is 125 Å². The predicted molar refractivity (Wildman–Crippen MR) is 535 cm³/mol. The number of carbonyl (C=O) groups is 19. The zero-order valence-electron chi connectivity index (χ0n) is 83.5. The number of aromatic nitrogens is 2. The SMILES string of the molecule is CC(=O)NCC(=O)N[C@@H](CO)C(=O)N[C@@H](C)C(=O)N[C@@H](CCCN=C(N)N)C(=O)N[C@@H](C)C(=O)N[C@@H](CCC(=O)O)C(=O)N[C@H](C(=O)N[C@@H](Cc1cnc[nH]1)C(=O)N[C@@H](CC(C)C)C(=O)N[C@@H](CCCN=C(N)N)C(=O)N[C@@H](CCCCN)C(=O)N[C@@H](CO)C(=O)NCCCCCC(=O)NCCCCCC(=O)N[C@@H](CCCCNC(=O)c1c(C(=O)O)cccc1-c1c2ccc(=O)cc-2oc2cc(O)ccc12)C(N)=O)C(C)C. The molecular formula is C95H142N26O26. The molecule has 0 fully saturated rings. The molecule has 17 amide bonds. The topological polar surface area (TPSA) is 858 Å². The van der Waals surface area contributed by atoms with Crippen molar-refractivity contribution < 1.29 is 121 Å². The van der Waals surface area contributed by atoms with Gasteiger partial charge in [-0.15, -0.1) is 0 Å². The molecule has 2 aromatic carbocycles. The van der Waals surface area contributed by atoms with E-state index < -0.39 is 217 Å². The number of nitrogens with one attached hydrogen (secondary N) is 17. The van der Waals surface area contributed by atoms with Gasteiger partial charge in [0.2, 0.25) is 94.5 Å². The van der Waals surface area contributed by atoms with E-state index in [1.165, 1.54) is 82.7 Å². The van der Waals surface area contributed by atoms with Crippen LogP contribution in [-0.4, -0.2) is 291 Å². The lowest BCUT2D eigenvalue weighted by Crippen LogP contribution is -2.61. The van der Waals surface area contributed by atoms with Crippen LogP contribution in [0, 0.1) is 11.8 Å². The molecular weight excluding hydrogens is 1920 g/mol. The van der Waals surface area contributed by atoms with Crippen LogP contribution in [0.2, 0.25) is 0 Å². The molecule has 1 aliphatic carbocycles. The van der Waals surface area contributed by atoms with E-state index in [0.717, 1.165) is 6.92 Å². The summed E-state index contributed by atoms with van der Waals surface area (Å²) in [6.45, 7) is 8.16. The first kappa shape index (κ1) is 122. The lowest BCUT2D eigenvalue weighted by molar-refractivity contribution is -0.139. The molecule has 0 saturated heterocycles. The van der Waals surface area contributed by atoms with E-state index in [9.17, 15) is 121 Å². The van der Waals surface area contributed by atoms with E-state index in [2.05, 4.69) is 105 Å². The Morgan fingerprint density at radius 2 is 0.952 bits per heavy atom. The maximum Gasteiger partial charge on any atom is 0.336 e. The van der Waals surface area contributed by atoms with Gasteiger partial charge in [0.25, 0.3) is 5.91 Å². The van der Waals surface area contributed by atoms with E-state index in [4.69, 9.17) is 38.8 Å². The molecule has 0 spiro atoms. The van der Waals surface area contributed by atoms with Crippen LogP contribution >= 0.6 is 0 Å². The number of aliphatic carboxylic acids is 1. The quantitative estimate of drug-likeness (QED) is 0.00754. The van der Waals surface area contributed by atoms with Gasteiger partial charge in [-0.1, -0.05) is 52.7 Å². The molecule has 3 aromatic rings. The molecule has 0 bridgehead atoms. The molecule has 52 heteroatoms. The fourth-order valence-electron chi connectivity index (χ4n) is 15.2. The van der Waals surface area contributed by atoms with Gasteiger partial charge in [-0.05, 0) is 171 Å². The Morgan fingerprint density at radius 1 is 0.456 bits per heavy atom. The molecule has 0 unspecified atom stereocenters. The predicted octanol–water partition coefficient (Wildman–Crippen LogP) is -4.55. The number of aromatic carboxylic acids is 1. The van der Waals surface area contributed by atoms with E-state index in [1.54, 1.807) is 26.0 Å². The van der Waals surface area contributed by atoms with Crippen LogP contribution in [-0.2, 0) is 87.9 Å². The van der Waals surface area contributed by atoms with Crippen LogP contribution in [0.3, 0.4) is 0 Å². The van der Waals surface area contributed by atoms with Gasteiger partial charge in [0.15, 0.2) is 17.3 Å². The van der Waals surface area contributed by atoms with Gasteiger partial charge in [-0.25, -0.2) is 9.78 Å². The largest absolute Gasteiger partial charge is 0.508 e. The zero-order valence-corrected chi connectivity index (χ0v) is 83.5. The number of hydrogen-bond donors (Lipinski definition) is 28. The molecule has 2 aliphatic rings. The minimum Gasteiger partial charge on any atom is -0.508 e. The summed E-state index contributed by atoms with van der Waals surface area (Å²) < 4.78 is 5.94. The number of amides is 17. The zero-order chi connectivity index (χ0) is 109. The summed E-state index contributed by atoms with van der Waals surface area (Å²) in [5.74, 6) is -18.8. The van der Waals surface area contributed by atoms with Crippen LogP contribution in [0.1, 0.15) is 210 Å². The van der Waals surface area contributed by atoms with E-state index in [0.29, 0.717) is 80.8 Å². The summed E-state index contributed by atoms with van der Waals surface area (Å²) in [7, 11) is 0. The van der Waals surface area contributed by atoms with Gasteiger partial charge in [0.05, 0.1) is 37.2 Å². The maximum absolute atomic E-state index is 14.8. The number of aliphatic hydroxyl groups is 2. The Balaban J connectivity index is 1.13. The first-order valence-electron chi connectivity index (χ1n) is 48.5. The van der Waals surface area contributed by atoms with Crippen molar-refractivity contribution in [1.82, 2.24) is 95.0 Å². The number of aliphatic imine (C=N–C) groups is 2. The number of hydrogen-bond acceptors (Lipinski definition) is 28. The lowest BCUT2D eigenvalue weighted by Gasteiger charge is -2.29. The number of aromatic amines is 1. The number of carboxylic acid groups (broad SMARTS) is 2. The molecule has 147 heavy (non-hydrogen) atoms. The van der Waals surface area contributed by atoms with Gasteiger partial charge in [0.1, 0.15) is 89.6 Å². The van der Waals surface area contributed by atoms with Gasteiger partial charge in [-0.2, -0.15) is 0 Å². The van der Waals surface area contributed by atoms with E-state index in [-0.39, 0.29) is 172 Å². The minimum atomic E-state index is -1.73. The van der Waals surface area contributed by atoms with Crippen LogP contribution in [0.5, 0.6) is 5.75 Å². The first-order valence-corrected chi connectivity index (χ1v) is 48.5. The van der Waals surface area contributed by atoms with Gasteiger partial charge >= 0.3 is 11.9 Å². The molecule has 52 nitrogen and oxygen atoms in total. The second-order valence-electron chi connectivity index (χ2n) is 35.9. The van der Waals surface area contributed by atoms with Crippen LogP contribution in [0.25, 0.3) is 33.4 Å². The molecule has 1 aliphatic heterocycles. The first-order chi connectivity index (χ1) is 69.7. The number of carboxylic acids is 2. The van der Waals surface area contributed by atoms with Crippen molar-refractivity contribution in [2.45, 2.75) is 262 Å². The highest BCUT2D eigenvalue weighted by atomic mass is 16.4. The van der Waals surface area contributed by atoms with Crippen LogP contribution in [0.4, 0.5) is 0 Å². The smallest absolute Gasteiger partial charge is 0.336 e. The third-order valence-corrected chi connectivity index (χ3v) is 23.0. The number of nitrogens with two attached hydrogens (primary N) is 6. The second kappa shape index (κ2) is 63.6. The summed E-state index contributed by atoms with van der Waals surface area (Å²) in [5, 5.41) is 91.5. The highest BCUT2D eigenvalue weighted by Gasteiger charge is 2.39. The number of H-pyrrole nitrogens is 1. The average Bonchev–Trinajstić information content (AvgIpc) is 0.852. The highest BCUT2D eigenvalue weighted by Crippen LogP contribution is 2.43. The number of unbranched alkanes of at least 4 members (excludes halogenated alkanes) is 6. The summed E-state index contributed by atoms with van der Waals surface area (Å²) in [5.41, 5.74) is 34.3. The molecule has 0 radical (unpaired) electrons. The molecule has 12 atom stereocenters. The molecule has 34 N–H and O–H groups in total. The number of imidazole rings is 1. The van der Waals surface area contributed by atoms with E-state index in [1.807, 2.05) is 0 Å². The Bertz CT molecular complexity index is 5410. The summed E-state index contributed by atoms with van der Waals surface area (Å²) in [6.07, 6.45) is 4.88. The number of phenols is 1. The van der Waals surface area contributed by atoms with Gasteiger partial charge in [-0.3, -0.25) is 101 Å². The maximum atomic E-state index is 14.8. The average molecular weight is 2060 g/mol. The Hall–Kier alpha value is -15.5. The standard InChI is InChI=1S/C95H142N26O26/c1-50(2)41-67(118-89(141)68(42-55-45-102-49-109-55)119-92(144)79(51(3)4)121-87(139)66(33-34-76(130)131)115-82(134)52(5)110-84(136)64(25-19-39-106-94(98)99)114-81(133)53(6)111-90(142)70(48-123)113-75(129)46-108-54(7)124)88(140)117-65(26-20-40-107-95(100)101)85(137)116-63(24-12-14-35-96)86(138)120-69(47-122)83(135)104-37-16-8-10-27-73(127)103-36-15-9-11-28-74(128)112-62(80(97)132)23-13-17-38-105-91(143)78-60(21-18-22-61(78)93(145)146)77-58-31-29-56(125)43-71(58)147-72-44-57(126)30-32-59(72)77/h18,21-22,29-32,43-45,49-53,62-70,79,122-123,125H,8-17,19-20,23-28,33-42,46-48,96H2,1-7H3,(H2,97,132)(H,102,109)(H,103,127)(H,104,135)(H,105,143)(H,108,124)(H,110,136)(H,111,142)(H,112,128)(H,113,129)(H,114,133)(H,115,134)(H,116,137)(H,117,140)(H,118,141)(H,119,144)(H,120,138)(H,121,139)(H,130,131)(H,145,146)(H4,98,99,106)(H4,100,101,107)/t52-,53-,62-,63-,64-,65-,66-,67-,68-,69-,70-,79-/m0/s1. The lowest BCUT2D eigenvalue weighted by atomic mass is 9.88. The number of aliphatic hydroxyl groups excluding tert-OH is 2. The number of fused-ring (bicyclic) bond motifs is 2. The minimum absolute atomic E-state index is 0.0389. The Kier molecular flexibility index (Phi) is 52.8. The number of aromatic hydroxyl groups is 1. The number of guanidine groups is 2. The molecule has 0 saturated carbocycles. The number of nitrogens with zero attached hydrogens (tertiary/aromatic N) is 3. The third kappa shape index (κ3) is 43.5. The van der Waals surface area contributed by atoms with Gasteiger partial charge in [0, 0.05) is 106 Å². The summed E-state index contributed by atoms with van der Waals surface area (Å²) in [4.78, 5) is 283. The monoisotopic (exact) mass is 2060 g/mol. The van der Waals surface area contributed by atoms with Crippen molar-refractivity contribution in [1.29, 1.82) is 0 Å². The molecule has 808 valence electrons. The summed E-state index contributed by atoms with van der Waals surface area (Å²) in [6, 6.07) is -5.19. The van der Waals surface area contributed by atoms with Crippen molar-refractivity contribution in [2.24, 2.45) is 56.2 Å². The number of phenolic OH excluding ortho intramolecular Hbond substituents is 1. The van der Waals surface area contributed by atoms with Crippen molar-refractivity contribution in [3.63, 3.8) is 0 Å². The highest BCUT2D eigenvalue weighted by molar-refractivity contribution is 6.14. The second-order valence-corrected chi connectivity index (χ2v) is 35.9. The Morgan fingerprint density at radius 3 is 1.50 bits per heavy atom. The van der Waals surface area contributed by atoms with Crippen molar-refractivity contribution in [3.8, 4) is 28.2 Å².